The third kappa shape index (κ3) is 5.43. The van der Waals surface area contributed by atoms with Crippen molar-refractivity contribution in [2.45, 2.75) is 0 Å². The highest BCUT2D eigenvalue weighted by Gasteiger charge is 2.07. The third-order valence-corrected chi connectivity index (χ3v) is 3.84. The van der Waals surface area contributed by atoms with Crippen LogP contribution < -0.4 is 16.1 Å². The van der Waals surface area contributed by atoms with Gasteiger partial charge >= 0.3 is 0 Å². The van der Waals surface area contributed by atoms with E-state index in [1.807, 2.05) is 54.6 Å². The van der Waals surface area contributed by atoms with Crippen LogP contribution in [0, 0.1) is 22.7 Å². The van der Waals surface area contributed by atoms with Gasteiger partial charge in [0.25, 0.3) is 5.91 Å². The maximum absolute atomic E-state index is 12.5. The molecule has 0 spiro atoms. The molecule has 0 atom stereocenters. The number of nitrogens with one attached hydrogen (secondary N) is 3. The van der Waals surface area contributed by atoms with Crippen LogP contribution in [0.15, 0.2) is 84.0 Å². The molecule has 0 heterocycles. The highest BCUT2D eigenvalue weighted by molar-refractivity contribution is 6.10. The molecule has 3 aromatic rings. The van der Waals surface area contributed by atoms with Crippen molar-refractivity contribution in [3.8, 4) is 12.1 Å². The average Bonchev–Trinajstić information content (AvgIpc) is 2.77. The van der Waals surface area contributed by atoms with Gasteiger partial charge in [0.15, 0.2) is 0 Å². The monoisotopic (exact) mass is 380 g/mol. The Bertz CT molecular complexity index is 1090. The zero-order chi connectivity index (χ0) is 20.5. The van der Waals surface area contributed by atoms with Crippen LogP contribution in [0.4, 0.5) is 22.7 Å². The van der Waals surface area contributed by atoms with Gasteiger partial charge in [0.1, 0.15) is 12.1 Å². The lowest BCUT2D eigenvalue weighted by Gasteiger charge is -2.09. The Hall–Kier alpha value is -4.62. The Morgan fingerprint density at radius 1 is 0.759 bits per heavy atom. The first-order valence-corrected chi connectivity index (χ1v) is 8.65. The predicted molar refractivity (Wildman–Crippen MR) is 113 cm³/mol. The van der Waals surface area contributed by atoms with E-state index in [0.717, 1.165) is 11.4 Å². The molecular formula is C22H16N6O. The third-order valence-electron chi connectivity index (χ3n) is 3.84. The van der Waals surface area contributed by atoms with E-state index in [4.69, 9.17) is 10.5 Å². The number of carbonyl (C=O) groups excluding carboxylic acids is 1. The van der Waals surface area contributed by atoms with Crippen molar-refractivity contribution in [2.75, 3.05) is 16.1 Å². The van der Waals surface area contributed by atoms with Crippen molar-refractivity contribution in [1.29, 1.82) is 10.5 Å². The number of anilines is 4. The molecule has 0 unspecified atom stereocenters. The number of hydrogen-bond donors (Lipinski definition) is 3. The minimum atomic E-state index is -0.302. The summed E-state index contributed by atoms with van der Waals surface area (Å²) in [6.07, 6.45) is 0. The molecule has 0 aliphatic rings. The summed E-state index contributed by atoms with van der Waals surface area (Å²) in [5, 5.41) is 27.2. The van der Waals surface area contributed by atoms with Crippen LogP contribution in [0.3, 0.4) is 0 Å². The fraction of sp³-hybridized carbons (Fsp3) is 0. The number of nitrogens with zero attached hydrogens (tertiary/aromatic N) is 3. The summed E-state index contributed by atoms with van der Waals surface area (Å²) < 4.78 is 0. The normalized spacial score (nSPS) is 9.45. The number of rotatable bonds is 6. The van der Waals surface area contributed by atoms with Crippen molar-refractivity contribution in [1.82, 2.24) is 0 Å². The molecule has 3 rings (SSSR count). The van der Waals surface area contributed by atoms with Gasteiger partial charge in [0.05, 0.1) is 5.69 Å². The number of para-hydroxylation sites is 1. The van der Waals surface area contributed by atoms with E-state index in [1.165, 1.54) is 0 Å². The second-order valence-corrected chi connectivity index (χ2v) is 5.90. The quantitative estimate of drug-likeness (QED) is 0.430. The van der Waals surface area contributed by atoms with Crippen molar-refractivity contribution >= 4 is 34.4 Å². The largest absolute Gasteiger partial charge is 0.356 e. The number of benzene rings is 3. The van der Waals surface area contributed by atoms with Crippen LogP contribution in [-0.4, -0.2) is 11.6 Å². The minimum Gasteiger partial charge on any atom is -0.356 e. The molecule has 7 nitrogen and oxygen atoms in total. The van der Waals surface area contributed by atoms with Gasteiger partial charge < -0.3 is 10.6 Å². The van der Waals surface area contributed by atoms with Crippen LogP contribution >= 0.6 is 0 Å². The van der Waals surface area contributed by atoms with Gasteiger partial charge in [-0.3, -0.25) is 10.2 Å². The van der Waals surface area contributed by atoms with Crippen LogP contribution in [0.5, 0.6) is 0 Å². The number of carbonyl (C=O) groups is 1. The average molecular weight is 380 g/mol. The SMILES string of the molecule is N#CC(C#N)=NNc1cccc(C(=O)Nc2ccc(Nc3ccccc3)cc2)c1. The molecule has 1 amide bonds. The van der Waals surface area contributed by atoms with E-state index in [0.29, 0.717) is 16.9 Å². The Morgan fingerprint density at radius 2 is 1.38 bits per heavy atom. The second-order valence-electron chi connectivity index (χ2n) is 5.90. The molecule has 0 aromatic heterocycles. The van der Waals surface area contributed by atoms with E-state index < -0.39 is 0 Å². The van der Waals surface area contributed by atoms with E-state index in [1.54, 1.807) is 36.4 Å². The van der Waals surface area contributed by atoms with Crippen molar-refractivity contribution in [3.05, 3.63) is 84.4 Å². The van der Waals surface area contributed by atoms with E-state index >= 15 is 0 Å². The van der Waals surface area contributed by atoms with Gasteiger partial charge in [0, 0.05) is 22.6 Å². The smallest absolute Gasteiger partial charge is 0.255 e. The standard InChI is InChI=1S/C22H16N6O/c23-14-21(15-24)28-27-20-8-4-5-16(13-20)22(29)26-19-11-9-18(10-12-19)25-17-6-2-1-3-7-17/h1-13,25,27H,(H,26,29). The lowest BCUT2D eigenvalue weighted by molar-refractivity contribution is 0.102. The van der Waals surface area contributed by atoms with Crippen LogP contribution in [0.2, 0.25) is 0 Å². The molecule has 0 aliphatic heterocycles. The summed E-state index contributed by atoms with van der Waals surface area (Å²) in [4.78, 5) is 12.5. The lowest BCUT2D eigenvalue weighted by atomic mass is 10.2. The predicted octanol–water partition coefficient (Wildman–Crippen LogP) is 4.50. The van der Waals surface area contributed by atoms with Crippen LogP contribution in [-0.2, 0) is 0 Å². The molecule has 29 heavy (non-hydrogen) atoms. The zero-order valence-electron chi connectivity index (χ0n) is 15.3. The fourth-order valence-electron chi connectivity index (χ4n) is 2.45. The van der Waals surface area contributed by atoms with Crippen LogP contribution in [0.1, 0.15) is 10.4 Å². The Kier molecular flexibility index (Phi) is 6.18. The summed E-state index contributed by atoms with van der Waals surface area (Å²) in [7, 11) is 0. The van der Waals surface area contributed by atoms with Gasteiger partial charge in [-0.2, -0.15) is 15.6 Å². The van der Waals surface area contributed by atoms with Crippen molar-refractivity contribution < 1.29 is 4.79 Å². The second kappa shape index (κ2) is 9.36. The van der Waals surface area contributed by atoms with E-state index in [2.05, 4.69) is 21.2 Å². The number of amides is 1. The van der Waals surface area contributed by atoms with Gasteiger partial charge in [0.2, 0.25) is 5.71 Å². The fourth-order valence-corrected chi connectivity index (χ4v) is 2.45. The van der Waals surface area contributed by atoms with Gasteiger partial charge in [-0.05, 0) is 54.6 Å². The van der Waals surface area contributed by atoms with E-state index in [-0.39, 0.29) is 11.6 Å². The molecule has 0 saturated carbocycles. The molecule has 3 N–H and O–H groups in total. The minimum absolute atomic E-state index is 0.290. The molecule has 0 fully saturated rings. The lowest BCUT2D eigenvalue weighted by Crippen LogP contribution is -2.12. The molecule has 0 bridgehead atoms. The Labute approximate surface area is 167 Å². The van der Waals surface area contributed by atoms with Crippen molar-refractivity contribution in [2.24, 2.45) is 5.10 Å². The number of nitriles is 2. The summed E-state index contributed by atoms with van der Waals surface area (Å²) in [5.74, 6) is -0.290. The topological polar surface area (TPSA) is 113 Å². The van der Waals surface area contributed by atoms with Gasteiger partial charge in [-0.1, -0.05) is 24.3 Å². The summed E-state index contributed by atoms with van der Waals surface area (Å²) in [6, 6.07) is 27.1. The Morgan fingerprint density at radius 3 is 2.07 bits per heavy atom. The molecule has 0 saturated heterocycles. The first-order valence-electron chi connectivity index (χ1n) is 8.65. The molecule has 7 heteroatoms. The summed E-state index contributed by atoms with van der Waals surface area (Å²) in [6.45, 7) is 0. The molecule has 0 aliphatic carbocycles. The zero-order valence-corrected chi connectivity index (χ0v) is 15.3. The first kappa shape index (κ1) is 19.2. The molecular weight excluding hydrogens is 364 g/mol. The number of hydrogen-bond acceptors (Lipinski definition) is 6. The summed E-state index contributed by atoms with van der Waals surface area (Å²) in [5.41, 5.74) is 5.73. The van der Waals surface area contributed by atoms with Crippen molar-refractivity contribution in [3.63, 3.8) is 0 Å². The van der Waals surface area contributed by atoms with Gasteiger partial charge in [-0.15, -0.1) is 0 Å². The number of hydrazone groups is 1. The molecule has 140 valence electrons. The maximum atomic E-state index is 12.5. The highest BCUT2D eigenvalue weighted by Crippen LogP contribution is 2.19. The highest BCUT2D eigenvalue weighted by atomic mass is 16.1. The molecule has 3 aromatic carbocycles. The van der Waals surface area contributed by atoms with E-state index in [9.17, 15) is 4.79 Å². The van der Waals surface area contributed by atoms with Crippen LogP contribution in [0.25, 0.3) is 0 Å². The maximum Gasteiger partial charge on any atom is 0.255 e. The Balaban J connectivity index is 1.64. The molecule has 0 radical (unpaired) electrons. The van der Waals surface area contributed by atoms with Gasteiger partial charge in [-0.25, -0.2) is 0 Å². The summed E-state index contributed by atoms with van der Waals surface area (Å²) >= 11 is 0. The first-order chi connectivity index (χ1) is 14.2.